The van der Waals surface area contributed by atoms with Crippen molar-refractivity contribution in [1.29, 1.82) is 10.7 Å². The average Bonchev–Trinajstić information content (AvgIpc) is 3.59. The Morgan fingerprint density at radius 1 is 1.29 bits per heavy atom. The molecule has 0 saturated heterocycles. The third-order valence-electron chi connectivity index (χ3n) is 6.20. The zero-order valence-electron chi connectivity index (χ0n) is 20.0. The molecule has 2 aliphatic rings. The van der Waals surface area contributed by atoms with Gasteiger partial charge in [-0.05, 0) is 89.1 Å². The van der Waals surface area contributed by atoms with Crippen LogP contribution in [0.1, 0.15) is 80.4 Å². The average molecular weight is 480 g/mol. The predicted molar refractivity (Wildman–Crippen MR) is 134 cm³/mol. The van der Waals surface area contributed by atoms with Crippen molar-refractivity contribution in [3.8, 4) is 6.07 Å². The summed E-state index contributed by atoms with van der Waals surface area (Å²) in [5, 5.41) is 24.7. The van der Waals surface area contributed by atoms with Crippen LogP contribution in [0.5, 0.6) is 0 Å². The fraction of sp³-hybridized carbons (Fsp3) is 0.462. The SMILES string of the molecule is Cc1c(C#N)c(Cl)nc2c1CCCC2Nc1ccc(NC(=O)OC(C)(C)C)c(C(=N)C2CC2)c1. The number of nitrogens with one attached hydrogen (secondary N) is 3. The number of halogens is 1. The van der Waals surface area contributed by atoms with Gasteiger partial charge in [-0.25, -0.2) is 9.78 Å². The van der Waals surface area contributed by atoms with E-state index in [1.54, 1.807) is 0 Å². The first kappa shape index (κ1) is 24.0. The summed E-state index contributed by atoms with van der Waals surface area (Å²) in [7, 11) is 0. The molecule has 34 heavy (non-hydrogen) atoms. The normalized spacial score (nSPS) is 17.4. The summed E-state index contributed by atoms with van der Waals surface area (Å²) >= 11 is 6.32. The number of ether oxygens (including phenoxy) is 1. The van der Waals surface area contributed by atoms with E-state index in [0.29, 0.717) is 22.5 Å². The Hall–Kier alpha value is -3.11. The standard InChI is InChI=1S/C26H30ClN5O2/c1-14-17-6-5-7-21(23(17)32-24(27)19(14)13-28)30-16-10-11-20(31-25(33)34-26(2,3)4)18(12-16)22(29)15-8-9-15/h10-12,15,21,29-30H,5-9H2,1-4H3,(H,31,33). The Balaban J connectivity index is 1.63. The van der Waals surface area contributed by atoms with Gasteiger partial charge in [0.1, 0.15) is 16.8 Å². The van der Waals surface area contributed by atoms with Crippen LogP contribution in [0.25, 0.3) is 0 Å². The molecule has 0 bridgehead atoms. The molecule has 1 aromatic heterocycles. The molecule has 1 atom stereocenters. The summed E-state index contributed by atoms with van der Waals surface area (Å²) in [5.74, 6) is 0.220. The minimum absolute atomic E-state index is 0.0553. The summed E-state index contributed by atoms with van der Waals surface area (Å²) < 4.78 is 5.40. The molecular formula is C26H30ClN5O2. The van der Waals surface area contributed by atoms with Crippen molar-refractivity contribution in [1.82, 2.24) is 4.98 Å². The van der Waals surface area contributed by atoms with E-state index in [1.165, 1.54) is 0 Å². The number of carbonyl (C=O) groups excluding carboxylic acids is 1. The second-order valence-corrected chi connectivity index (χ2v) is 10.4. The van der Waals surface area contributed by atoms with Crippen LogP contribution >= 0.6 is 11.6 Å². The molecule has 8 heteroatoms. The molecule has 2 aromatic rings. The fourth-order valence-electron chi connectivity index (χ4n) is 4.39. The summed E-state index contributed by atoms with van der Waals surface area (Å²) in [6.07, 6.45) is 4.16. The van der Waals surface area contributed by atoms with E-state index in [0.717, 1.165) is 54.6 Å². The summed E-state index contributed by atoms with van der Waals surface area (Å²) in [6, 6.07) is 7.73. The Morgan fingerprint density at radius 2 is 2.03 bits per heavy atom. The lowest BCUT2D eigenvalue weighted by molar-refractivity contribution is 0.0636. The summed E-state index contributed by atoms with van der Waals surface area (Å²) in [6.45, 7) is 7.38. The first-order chi connectivity index (χ1) is 16.1. The second-order valence-electron chi connectivity index (χ2n) is 10.0. The van der Waals surface area contributed by atoms with Crippen molar-refractivity contribution in [2.75, 3.05) is 10.6 Å². The molecule has 4 rings (SSSR count). The van der Waals surface area contributed by atoms with Crippen LogP contribution in [-0.2, 0) is 11.2 Å². The number of fused-ring (bicyclic) bond motifs is 1. The van der Waals surface area contributed by atoms with Gasteiger partial charge in [0.2, 0.25) is 0 Å². The molecule has 3 N–H and O–H groups in total. The molecule has 1 saturated carbocycles. The van der Waals surface area contributed by atoms with Crippen LogP contribution in [-0.4, -0.2) is 22.4 Å². The fourth-order valence-corrected chi connectivity index (χ4v) is 4.67. The largest absolute Gasteiger partial charge is 0.444 e. The van der Waals surface area contributed by atoms with E-state index in [2.05, 4.69) is 21.7 Å². The molecule has 1 aromatic carbocycles. The van der Waals surface area contributed by atoms with E-state index in [4.69, 9.17) is 21.7 Å². The van der Waals surface area contributed by atoms with Gasteiger partial charge in [0.15, 0.2) is 0 Å². The quantitative estimate of drug-likeness (QED) is 0.333. The van der Waals surface area contributed by atoms with Crippen molar-refractivity contribution >= 4 is 34.8 Å². The van der Waals surface area contributed by atoms with Crippen LogP contribution < -0.4 is 10.6 Å². The Bertz CT molecular complexity index is 1190. The van der Waals surface area contributed by atoms with Gasteiger partial charge in [-0.2, -0.15) is 5.26 Å². The van der Waals surface area contributed by atoms with Crippen LogP contribution in [0.2, 0.25) is 5.15 Å². The predicted octanol–water partition coefficient (Wildman–Crippen LogP) is 6.53. The minimum atomic E-state index is -0.609. The summed E-state index contributed by atoms with van der Waals surface area (Å²) in [4.78, 5) is 17.0. The van der Waals surface area contributed by atoms with Gasteiger partial charge in [-0.3, -0.25) is 5.32 Å². The van der Waals surface area contributed by atoms with E-state index in [9.17, 15) is 10.1 Å². The number of rotatable bonds is 5. The topological polar surface area (TPSA) is 111 Å². The number of nitrogens with zero attached hydrogens (tertiary/aromatic N) is 2. The highest BCUT2D eigenvalue weighted by Crippen LogP contribution is 2.38. The summed E-state index contributed by atoms with van der Waals surface area (Å²) in [5.41, 5.74) is 5.31. The van der Waals surface area contributed by atoms with Gasteiger partial charge >= 0.3 is 6.09 Å². The molecule has 1 fully saturated rings. The van der Waals surface area contributed by atoms with Crippen molar-refractivity contribution < 1.29 is 9.53 Å². The van der Waals surface area contributed by atoms with Gasteiger partial charge in [0.25, 0.3) is 0 Å². The number of amides is 1. The van der Waals surface area contributed by atoms with Gasteiger partial charge in [-0.15, -0.1) is 0 Å². The maximum absolute atomic E-state index is 12.4. The number of aromatic nitrogens is 1. The minimum Gasteiger partial charge on any atom is -0.444 e. The second kappa shape index (κ2) is 9.27. The highest BCUT2D eigenvalue weighted by Gasteiger charge is 2.30. The van der Waals surface area contributed by atoms with Gasteiger partial charge in [0.05, 0.1) is 23.0 Å². The first-order valence-corrected chi connectivity index (χ1v) is 12.0. The smallest absolute Gasteiger partial charge is 0.412 e. The molecule has 0 radical (unpaired) electrons. The lowest BCUT2D eigenvalue weighted by Gasteiger charge is -2.28. The third kappa shape index (κ3) is 5.18. The molecular weight excluding hydrogens is 450 g/mol. The molecule has 0 aliphatic heterocycles. The molecule has 0 spiro atoms. The van der Waals surface area contributed by atoms with Crippen molar-refractivity contribution in [3.05, 3.63) is 51.3 Å². The Morgan fingerprint density at radius 3 is 2.68 bits per heavy atom. The van der Waals surface area contributed by atoms with Crippen molar-refractivity contribution in [2.45, 2.75) is 71.4 Å². The van der Waals surface area contributed by atoms with Gasteiger partial charge in [-0.1, -0.05) is 11.6 Å². The molecule has 1 heterocycles. The maximum Gasteiger partial charge on any atom is 0.412 e. The number of hydrogen-bond donors (Lipinski definition) is 3. The van der Waals surface area contributed by atoms with E-state index < -0.39 is 11.7 Å². The number of benzene rings is 1. The number of hydrogen-bond acceptors (Lipinski definition) is 6. The lowest BCUT2D eigenvalue weighted by atomic mass is 9.87. The van der Waals surface area contributed by atoms with Crippen molar-refractivity contribution in [2.24, 2.45) is 5.92 Å². The molecule has 7 nitrogen and oxygen atoms in total. The highest BCUT2D eigenvalue weighted by molar-refractivity contribution is 6.30. The van der Waals surface area contributed by atoms with E-state index in [-0.39, 0.29) is 17.1 Å². The van der Waals surface area contributed by atoms with E-state index in [1.807, 2.05) is 45.9 Å². The Labute approximate surface area is 205 Å². The molecule has 178 valence electrons. The number of anilines is 2. The van der Waals surface area contributed by atoms with Crippen LogP contribution in [0.3, 0.4) is 0 Å². The molecule has 1 amide bonds. The van der Waals surface area contributed by atoms with Crippen LogP contribution in [0.4, 0.5) is 16.2 Å². The third-order valence-corrected chi connectivity index (χ3v) is 6.47. The van der Waals surface area contributed by atoms with Gasteiger partial charge in [0, 0.05) is 22.9 Å². The number of pyridine rings is 1. The molecule has 2 aliphatic carbocycles. The lowest BCUT2D eigenvalue weighted by Crippen LogP contribution is -2.28. The number of nitriles is 1. The molecule has 1 unspecified atom stereocenters. The van der Waals surface area contributed by atoms with Crippen LogP contribution in [0.15, 0.2) is 18.2 Å². The van der Waals surface area contributed by atoms with Crippen LogP contribution in [0, 0.1) is 29.6 Å². The van der Waals surface area contributed by atoms with Crippen molar-refractivity contribution in [3.63, 3.8) is 0 Å². The van der Waals surface area contributed by atoms with Gasteiger partial charge < -0.3 is 15.5 Å². The number of carbonyl (C=O) groups is 1. The Kier molecular flexibility index (Phi) is 6.55. The monoisotopic (exact) mass is 479 g/mol. The zero-order chi connectivity index (χ0) is 24.6. The highest BCUT2D eigenvalue weighted by atomic mass is 35.5. The van der Waals surface area contributed by atoms with E-state index >= 15 is 0 Å². The maximum atomic E-state index is 12.4. The zero-order valence-corrected chi connectivity index (χ0v) is 20.8. The first-order valence-electron chi connectivity index (χ1n) is 11.7.